The lowest BCUT2D eigenvalue weighted by Gasteiger charge is -2.27. The van der Waals surface area contributed by atoms with E-state index in [4.69, 9.17) is 0 Å². The molecule has 1 saturated carbocycles. The molecule has 0 bridgehead atoms. The molecule has 0 aromatic heterocycles. The van der Waals surface area contributed by atoms with Gasteiger partial charge in [0, 0.05) is 38.8 Å². The van der Waals surface area contributed by atoms with Crippen LogP contribution in [0.5, 0.6) is 5.75 Å². The Balaban J connectivity index is 1.44. The number of phenolic OH excluding ortho intramolecular Hbond substituents is 1. The second-order valence-corrected chi connectivity index (χ2v) is 7.47. The highest BCUT2D eigenvalue weighted by Gasteiger charge is 2.30. The number of urea groups is 1. The molecule has 2 N–H and O–H groups in total. The van der Waals surface area contributed by atoms with Crippen LogP contribution >= 0.6 is 0 Å². The molecule has 2 atom stereocenters. The van der Waals surface area contributed by atoms with Crippen LogP contribution in [0, 0.1) is 5.92 Å². The number of amides is 2. The predicted octanol–water partition coefficient (Wildman–Crippen LogP) is 2.45. The first-order valence-electron chi connectivity index (χ1n) is 9.05. The van der Waals surface area contributed by atoms with E-state index in [2.05, 4.69) is 17.1 Å². The second kappa shape index (κ2) is 7.43. The molecule has 3 rings (SSSR count). The van der Waals surface area contributed by atoms with E-state index in [9.17, 15) is 9.90 Å². The number of nitrogens with zero attached hydrogens (tertiary/aromatic N) is 2. The Morgan fingerprint density at radius 1 is 1.33 bits per heavy atom. The van der Waals surface area contributed by atoms with E-state index in [0.29, 0.717) is 0 Å². The van der Waals surface area contributed by atoms with Gasteiger partial charge in [-0.2, -0.15) is 0 Å². The molecule has 1 heterocycles. The van der Waals surface area contributed by atoms with Crippen LogP contribution in [-0.4, -0.2) is 59.7 Å². The largest absolute Gasteiger partial charge is 0.508 e. The van der Waals surface area contributed by atoms with Gasteiger partial charge in [0.25, 0.3) is 0 Å². The Morgan fingerprint density at radius 2 is 2.04 bits per heavy atom. The van der Waals surface area contributed by atoms with Gasteiger partial charge < -0.3 is 20.2 Å². The van der Waals surface area contributed by atoms with Gasteiger partial charge in [-0.1, -0.05) is 12.1 Å². The summed E-state index contributed by atoms with van der Waals surface area (Å²) in [4.78, 5) is 16.8. The number of likely N-dealkylation sites (tertiary alicyclic amines) is 1. The molecule has 1 aromatic carbocycles. The van der Waals surface area contributed by atoms with E-state index >= 15 is 0 Å². The summed E-state index contributed by atoms with van der Waals surface area (Å²) < 4.78 is 0. The third-order valence-corrected chi connectivity index (χ3v) is 5.26. The highest BCUT2D eigenvalue weighted by molar-refractivity contribution is 5.74. The Labute approximate surface area is 144 Å². The number of carbonyl (C=O) groups is 1. The van der Waals surface area contributed by atoms with Crippen molar-refractivity contribution in [1.82, 2.24) is 15.1 Å². The lowest BCUT2D eigenvalue weighted by Crippen LogP contribution is -2.47. The Bertz CT molecular complexity index is 556. The number of rotatable bonds is 6. The van der Waals surface area contributed by atoms with Crippen LogP contribution in [0.4, 0.5) is 4.79 Å². The molecule has 0 radical (unpaired) electrons. The molecule has 5 heteroatoms. The Morgan fingerprint density at radius 3 is 2.71 bits per heavy atom. The molecule has 0 unspecified atom stereocenters. The van der Waals surface area contributed by atoms with Crippen molar-refractivity contribution >= 4 is 6.03 Å². The van der Waals surface area contributed by atoms with E-state index in [0.717, 1.165) is 37.4 Å². The van der Waals surface area contributed by atoms with Crippen molar-refractivity contribution in [3.8, 4) is 5.75 Å². The molecule has 24 heavy (non-hydrogen) atoms. The molecular formula is C19H29N3O2. The number of carbonyl (C=O) groups excluding carboxylic acids is 1. The lowest BCUT2D eigenvalue weighted by atomic mass is 10.1. The van der Waals surface area contributed by atoms with E-state index in [1.54, 1.807) is 17.0 Å². The fourth-order valence-electron chi connectivity index (χ4n) is 3.37. The quantitative estimate of drug-likeness (QED) is 0.842. The van der Waals surface area contributed by atoms with E-state index in [1.165, 1.54) is 19.4 Å². The zero-order valence-electron chi connectivity index (χ0n) is 14.7. The number of nitrogens with one attached hydrogen (secondary N) is 1. The van der Waals surface area contributed by atoms with Crippen molar-refractivity contribution in [2.45, 2.75) is 44.7 Å². The van der Waals surface area contributed by atoms with Gasteiger partial charge in [0.05, 0.1) is 0 Å². The standard InChI is InChI=1S/C19H29N3O2/c1-14(11-15-5-7-18(23)8-6-15)21(2)19(24)20-17-9-10-22(13-17)12-16-3-4-16/h5-8,14,16-17,23H,3-4,9-13H2,1-2H3,(H,20,24)/t14-,17-/m1/s1. The molecule has 0 spiro atoms. The second-order valence-electron chi connectivity index (χ2n) is 7.47. The maximum atomic E-state index is 12.5. The summed E-state index contributed by atoms with van der Waals surface area (Å²) in [5.41, 5.74) is 1.12. The Kier molecular flexibility index (Phi) is 5.29. The molecule has 1 aliphatic heterocycles. The van der Waals surface area contributed by atoms with Crippen LogP contribution in [0.2, 0.25) is 0 Å². The topological polar surface area (TPSA) is 55.8 Å². The number of hydrogen-bond donors (Lipinski definition) is 2. The average Bonchev–Trinajstić information content (AvgIpc) is 3.27. The lowest BCUT2D eigenvalue weighted by molar-refractivity contribution is 0.189. The number of benzene rings is 1. The fraction of sp³-hybridized carbons (Fsp3) is 0.632. The summed E-state index contributed by atoms with van der Waals surface area (Å²) in [6, 6.07) is 7.59. The van der Waals surface area contributed by atoms with Crippen molar-refractivity contribution in [1.29, 1.82) is 0 Å². The minimum absolute atomic E-state index is 0.0135. The molecule has 2 amide bonds. The third-order valence-electron chi connectivity index (χ3n) is 5.26. The molecule has 132 valence electrons. The number of hydrogen-bond acceptors (Lipinski definition) is 3. The average molecular weight is 331 g/mol. The summed E-state index contributed by atoms with van der Waals surface area (Å²) in [6.45, 7) is 5.36. The van der Waals surface area contributed by atoms with Crippen molar-refractivity contribution in [3.63, 3.8) is 0 Å². The molecule has 1 aromatic rings. The minimum atomic E-state index is 0.0135. The summed E-state index contributed by atoms with van der Waals surface area (Å²) >= 11 is 0. The fourth-order valence-corrected chi connectivity index (χ4v) is 3.37. The normalized spacial score (nSPS) is 22.3. The van der Waals surface area contributed by atoms with Crippen molar-refractivity contribution in [2.24, 2.45) is 5.92 Å². The van der Waals surface area contributed by atoms with E-state index in [-0.39, 0.29) is 23.9 Å². The highest BCUT2D eigenvalue weighted by atomic mass is 16.3. The molecule has 2 aliphatic rings. The van der Waals surface area contributed by atoms with Gasteiger partial charge in [0.15, 0.2) is 0 Å². The maximum absolute atomic E-state index is 12.5. The van der Waals surface area contributed by atoms with Gasteiger partial charge in [0.2, 0.25) is 0 Å². The SMILES string of the molecule is C[C@H](Cc1ccc(O)cc1)N(C)C(=O)N[C@@H]1CCN(CC2CC2)C1. The van der Waals surface area contributed by atoms with Gasteiger partial charge >= 0.3 is 6.03 Å². The van der Waals surface area contributed by atoms with Crippen molar-refractivity contribution in [3.05, 3.63) is 29.8 Å². The molecule has 5 nitrogen and oxygen atoms in total. The summed E-state index contributed by atoms with van der Waals surface area (Å²) in [6.07, 6.45) is 4.59. The summed E-state index contributed by atoms with van der Waals surface area (Å²) in [5, 5.41) is 12.5. The van der Waals surface area contributed by atoms with Crippen molar-refractivity contribution < 1.29 is 9.90 Å². The highest BCUT2D eigenvalue weighted by Crippen LogP contribution is 2.30. The van der Waals surface area contributed by atoms with Crippen LogP contribution in [0.15, 0.2) is 24.3 Å². The van der Waals surface area contributed by atoms with Crippen LogP contribution in [0.25, 0.3) is 0 Å². The number of likely N-dealkylation sites (N-methyl/N-ethyl adjacent to an activating group) is 1. The van der Waals surface area contributed by atoms with Gasteiger partial charge in [-0.3, -0.25) is 0 Å². The van der Waals surface area contributed by atoms with Crippen LogP contribution < -0.4 is 5.32 Å². The zero-order chi connectivity index (χ0) is 17.1. The summed E-state index contributed by atoms with van der Waals surface area (Å²) in [5.74, 6) is 1.18. The van der Waals surface area contributed by atoms with Gasteiger partial charge in [-0.15, -0.1) is 0 Å². The Hall–Kier alpha value is -1.75. The number of aromatic hydroxyl groups is 1. The first-order valence-corrected chi connectivity index (χ1v) is 9.05. The monoisotopic (exact) mass is 331 g/mol. The van der Waals surface area contributed by atoms with Gasteiger partial charge in [0.1, 0.15) is 5.75 Å². The molecular weight excluding hydrogens is 302 g/mol. The number of phenols is 1. The van der Waals surface area contributed by atoms with Crippen LogP contribution in [0.1, 0.15) is 31.7 Å². The van der Waals surface area contributed by atoms with Gasteiger partial charge in [-0.05, 0) is 56.2 Å². The minimum Gasteiger partial charge on any atom is -0.508 e. The smallest absolute Gasteiger partial charge is 0.317 e. The summed E-state index contributed by atoms with van der Waals surface area (Å²) in [7, 11) is 1.86. The first kappa shape index (κ1) is 17.1. The maximum Gasteiger partial charge on any atom is 0.317 e. The van der Waals surface area contributed by atoms with Gasteiger partial charge in [-0.25, -0.2) is 4.79 Å². The van der Waals surface area contributed by atoms with Crippen molar-refractivity contribution in [2.75, 3.05) is 26.7 Å². The van der Waals surface area contributed by atoms with Crippen LogP contribution in [0.3, 0.4) is 0 Å². The predicted molar refractivity (Wildman–Crippen MR) is 95.1 cm³/mol. The molecule has 1 saturated heterocycles. The third kappa shape index (κ3) is 4.63. The first-order chi connectivity index (χ1) is 11.5. The van der Waals surface area contributed by atoms with Crippen LogP contribution in [-0.2, 0) is 6.42 Å². The molecule has 2 fully saturated rings. The van der Waals surface area contributed by atoms with E-state index < -0.39 is 0 Å². The zero-order valence-corrected chi connectivity index (χ0v) is 14.7. The van der Waals surface area contributed by atoms with E-state index in [1.807, 2.05) is 19.2 Å². The molecule has 1 aliphatic carbocycles.